The second kappa shape index (κ2) is 7.48. The molecule has 0 radical (unpaired) electrons. The molecule has 2 heterocycles. The van der Waals surface area contributed by atoms with Crippen molar-refractivity contribution in [1.82, 2.24) is 19.7 Å². The van der Waals surface area contributed by atoms with Crippen LogP contribution in [0.4, 0.5) is 4.39 Å². The van der Waals surface area contributed by atoms with Crippen LogP contribution in [0.15, 0.2) is 53.3 Å². The van der Waals surface area contributed by atoms with Crippen LogP contribution in [0.3, 0.4) is 0 Å². The third kappa shape index (κ3) is 3.57. The van der Waals surface area contributed by atoms with Crippen LogP contribution >= 0.6 is 0 Å². The van der Waals surface area contributed by atoms with Crippen molar-refractivity contribution >= 4 is 0 Å². The lowest BCUT2D eigenvalue weighted by Gasteiger charge is -2.22. The summed E-state index contributed by atoms with van der Waals surface area (Å²) in [5.74, 6) is 0.587. The van der Waals surface area contributed by atoms with Gasteiger partial charge >= 0.3 is 5.69 Å². The summed E-state index contributed by atoms with van der Waals surface area (Å²) in [6.07, 6.45) is 2.03. The summed E-state index contributed by atoms with van der Waals surface area (Å²) >= 11 is 0. The second-order valence-corrected chi connectivity index (χ2v) is 7.11. The van der Waals surface area contributed by atoms with Crippen molar-refractivity contribution in [3.8, 4) is 5.69 Å². The number of nitrogens with zero attached hydrogens (tertiary/aromatic N) is 3. The van der Waals surface area contributed by atoms with Crippen molar-refractivity contribution in [1.29, 1.82) is 0 Å². The predicted octanol–water partition coefficient (Wildman–Crippen LogP) is 3.00. The summed E-state index contributed by atoms with van der Waals surface area (Å²) in [6.45, 7) is 3.82. The van der Waals surface area contributed by atoms with E-state index in [4.69, 9.17) is 0 Å². The van der Waals surface area contributed by atoms with E-state index in [0.29, 0.717) is 5.56 Å². The van der Waals surface area contributed by atoms with Gasteiger partial charge in [-0.15, -0.1) is 0 Å². The van der Waals surface area contributed by atoms with Gasteiger partial charge in [-0.05, 0) is 44.5 Å². The highest BCUT2D eigenvalue weighted by Crippen LogP contribution is 2.23. The molecule has 6 heteroatoms. The normalized spacial score (nSPS) is 17.2. The number of aryl methyl sites for hydroxylation is 1. The largest absolute Gasteiger partial charge is 0.350 e. The van der Waals surface area contributed by atoms with E-state index in [1.807, 2.05) is 37.3 Å². The molecule has 1 aromatic heterocycles. The third-order valence-electron chi connectivity index (χ3n) is 5.06. The van der Waals surface area contributed by atoms with E-state index in [-0.39, 0.29) is 24.0 Å². The van der Waals surface area contributed by atoms with E-state index in [1.165, 1.54) is 10.7 Å². The van der Waals surface area contributed by atoms with Gasteiger partial charge in [-0.25, -0.2) is 18.4 Å². The Hall–Kier alpha value is -2.73. The monoisotopic (exact) mass is 366 g/mol. The summed E-state index contributed by atoms with van der Waals surface area (Å²) in [6, 6.07) is 14.5. The number of halogens is 1. The molecule has 0 unspecified atom stereocenters. The summed E-state index contributed by atoms with van der Waals surface area (Å²) in [5, 5.41) is 8.02. The molecule has 5 nitrogen and oxygen atoms in total. The molecule has 3 aromatic rings. The molecule has 1 aliphatic heterocycles. The maximum atomic E-state index is 14.2. The molecule has 1 N–H and O–H groups in total. The van der Waals surface area contributed by atoms with Gasteiger partial charge in [0.1, 0.15) is 11.6 Å². The molecule has 0 bridgehead atoms. The molecule has 1 atom stereocenters. The van der Waals surface area contributed by atoms with Gasteiger partial charge in [-0.1, -0.05) is 35.9 Å². The lowest BCUT2D eigenvalue weighted by molar-refractivity contribution is 0.439. The van der Waals surface area contributed by atoms with Crippen molar-refractivity contribution in [2.45, 2.75) is 32.2 Å². The zero-order chi connectivity index (χ0) is 18.8. The first-order valence-corrected chi connectivity index (χ1v) is 9.34. The van der Waals surface area contributed by atoms with Gasteiger partial charge in [-0.2, -0.15) is 5.10 Å². The molecule has 0 spiro atoms. The zero-order valence-corrected chi connectivity index (χ0v) is 15.4. The lowest BCUT2D eigenvalue weighted by Crippen LogP contribution is -2.31. The van der Waals surface area contributed by atoms with Gasteiger partial charge in [0.2, 0.25) is 0 Å². The molecule has 1 aliphatic rings. The Labute approximate surface area is 157 Å². The van der Waals surface area contributed by atoms with Gasteiger partial charge in [0.25, 0.3) is 0 Å². The highest BCUT2D eigenvalue weighted by molar-refractivity contribution is 5.33. The Morgan fingerprint density at radius 1 is 1.22 bits per heavy atom. The molecule has 4 rings (SSSR count). The SMILES string of the molecule is Cc1ccc(F)c(Cn2nc([C@@H]3CCCNC3)n(-c3ccccc3)c2=O)c1. The minimum absolute atomic E-state index is 0.124. The van der Waals surface area contributed by atoms with Crippen LogP contribution in [0.1, 0.15) is 35.7 Å². The van der Waals surface area contributed by atoms with Crippen molar-refractivity contribution in [2.75, 3.05) is 13.1 Å². The number of aromatic nitrogens is 3. The summed E-state index contributed by atoms with van der Waals surface area (Å²) in [7, 11) is 0. The Kier molecular flexibility index (Phi) is 4.90. The summed E-state index contributed by atoms with van der Waals surface area (Å²) in [4.78, 5) is 13.2. The highest BCUT2D eigenvalue weighted by atomic mass is 19.1. The van der Waals surface area contributed by atoms with Crippen LogP contribution in [0.25, 0.3) is 5.69 Å². The molecule has 140 valence electrons. The maximum Gasteiger partial charge on any atom is 0.350 e. The van der Waals surface area contributed by atoms with Crippen LogP contribution in [0, 0.1) is 12.7 Å². The van der Waals surface area contributed by atoms with Crippen LogP contribution < -0.4 is 11.0 Å². The Bertz CT molecular complexity index is 987. The predicted molar refractivity (Wildman–Crippen MR) is 103 cm³/mol. The first-order valence-electron chi connectivity index (χ1n) is 9.34. The fraction of sp³-hybridized carbons (Fsp3) is 0.333. The number of hydrogen-bond acceptors (Lipinski definition) is 3. The fourth-order valence-corrected chi connectivity index (χ4v) is 3.67. The van der Waals surface area contributed by atoms with Gasteiger partial charge in [0.05, 0.1) is 12.2 Å². The summed E-state index contributed by atoms with van der Waals surface area (Å²) in [5.41, 5.74) is 1.99. The molecular weight excluding hydrogens is 343 g/mol. The second-order valence-electron chi connectivity index (χ2n) is 7.11. The minimum atomic E-state index is -0.317. The Morgan fingerprint density at radius 2 is 2.04 bits per heavy atom. The molecule has 27 heavy (non-hydrogen) atoms. The number of benzene rings is 2. The average Bonchev–Trinajstić information content (AvgIpc) is 3.02. The Morgan fingerprint density at radius 3 is 2.78 bits per heavy atom. The van der Waals surface area contributed by atoms with E-state index in [1.54, 1.807) is 16.7 Å². The van der Waals surface area contributed by atoms with Gasteiger partial charge in [-0.3, -0.25) is 0 Å². The van der Waals surface area contributed by atoms with Crippen molar-refractivity contribution in [3.63, 3.8) is 0 Å². The molecule has 1 fully saturated rings. The van der Waals surface area contributed by atoms with Crippen LogP contribution in [-0.4, -0.2) is 27.4 Å². The molecule has 1 saturated heterocycles. The van der Waals surface area contributed by atoms with Crippen LogP contribution in [-0.2, 0) is 6.54 Å². The zero-order valence-electron chi connectivity index (χ0n) is 15.4. The molecular formula is C21H23FN4O. The number of rotatable bonds is 4. The molecule has 2 aromatic carbocycles. The van der Waals surface area contributed by atoms with E-state index in [0.717, 1.165) is 43.0 Å². The summed E-state index contributed by atoms with van der Waals surface area (Å²) < 4.78 is 17.3. The van der Waals surface area contributed by atoms with Crippen LogP contribution in [0.5, 0.6) is 0 Å². The topological polar surface area (TPSA) is 51.9 Å². The van der Waals surface area contributed by atoms with E-state index >= 15 is 0 Å². The van der Waals surface area contributed by atoms with Crippen LogP contribution in [0.2, 0.25) is 0 Å². The standard InChI is InChI=1S/C21H23FN4O/c1-15-9-10-19(22)17(12-15)14-25-21(27)26(18-7-3-2-4-8-18)20(24-25)16-6-5-11-23-13-16/h2-4,7-10,12,16,23H,5-6,11,13-14H2,1H3/t16-/m1/s1. The minimum Gasteiger partial charge on any atom is -0.316 e. The number of para-hydroxylation sites is 1. The van der Waals surface area contributed by atoms with Crippen molar-refractivity contribution < 1.29 is 4.39 Å². The van der Waals surface area contributed by atoms with Gasteiger partial charge < -0.3 is 5.32 Å². The van der Waals surface area contributed by atoms with Crippen molar-refractivity contribution in [2.24, 2.45) is 0 Å². The fourth-order valence-electron chi connectivity index (χ4n) is 3.67. The number of nitrogens with one attached hydrogen (secondary N) is 1. The first-order chi connectivity index (χ1) is 13.1. The first kappa shape index (κ1) is 17.7. The maximum absolute atomic E-state index is 14.2. The van der Waals surface area contributed by atoms with E-state index in [9.17, 15) is 9.18 Å². The molecule has 0 saturated carbocycles. The van der Waals surface area contributed by atoms with Gasteiger partial charge in [0.15, 0.2) is 0 Å². The highest BCUT2D eigenvalue weighted by Gasteiger charge is 2.25. The van der Waals surface area contributed by atoms with Gasteiger partial charge in [0, 0.05) is 18.0 Å². The van der Waals surface area contributed by atoms with E-state index in [2.05, 4.69) is 10.4 Å². The average molecular weight is 366 g/mol. The number of hydrogen-bond donors (Lipinski definition) is 1. The third-order valence-corrected chi connectivity index (χ3v) is 5.06. The molecule has 0 amide bonds. The number of piperidine rings is 1. The molecule has 0 aliphatic carbocycles. The Balaban J connectivity index is 1.80. The smallest absolute Gasteiger partial charge is 0.316 e. The van der Waals surface area contributed by atoms with E-state index < -0.39 is 0 Å². The quantitative estimate of drug-likeness (QED) is 0.772. The lowest BCUT2D eigenvalue weighted by atomic mass is 9.99. The van der Waals surface area contributed by atoms with Crippen molar-refractivity contribution in [3.05, 3.63) is 81.8 Å².